The van der Waals surface area contributed by atoms with Crippen molar-refractivity contribution in [3.63, 3.8) is 0 Å². The van der Waals surface area contributed by atoms with E-state index in [1.807, 2.05) is 32.5 Å². The number of alkyl carbamates (subject to hydrolysis) is 1. The Bertz CT molecular complexity index is 423. The number of amides is 1. The summed E-state index contributed by atoms with van der Waals surface area (Å²) in [6, 6.07) is 0. The van der Waals surface area contributed by atoms with Crippen molar-refractivity contribution >= 4 is 17.4 Å². The Morgan fingerprint density at radius 1 is 1.33 bits per heavy atom. The van der Waals surface area contributed by atoms with E-state index >= 15 is 0 Å². The van der Waals surface area contributed by atoms with Crippen LogP contribution in [0.4, 0.5) is 4.79 Å². The van der Waals surface area contributed by atoms with Gasteiger partial charge in [-0.1, -0.05) is 13.8 Å². The third-order valence-corrected chi connectivity index (χ3v) is 4.15. The van der Waals surface area contributed by atoms with E-state index in [1.54, 1.807) is 11.3 Å². The fourth-order valence-electron chi connectivity index (χ4n) is 2.00. The maximum absolute atomic E-state index is 12.0. The van der Waals surface area contributed by atoms with E-state index in [1.165, 1.54) is 4.88 Å². The summed E-state index contributed by atoms with van der Waals surface area (Å²) in [6.45, 7) is 11.2. The molecule has 1 rings (SSSR count). The minimum atomic E-state index is -0.479. The molecule has 0 bridgehead atoms. The van der Waals surface area contributed by atoms with E-state index in [9.17, 15) is 4.79 Å². The minimum Gasteiger partial charge on any atom is -0.444 e. The normalized spacial score (nSPS) is 12.2. The van der Waals surface area contributed by atoms with E-state index in [2.05, 4.69) is 29.5 Å². The molecule has 5 nitrogen and oxygen atoms in total. The molecule has 1 aromatic heterocycles. The predicted molar refractivity (Wildman–Crippen MR) is 86.5 cm³/mol. The quantitative estimate of drug-likeness (QED) is 0.810. The van der Waals surface area contributed by atoms with Gasteiger partial charge in [-0.2, -0.15) is 0 Å². The van der Waals surface area contributed by atoms with Gasteiger partial charge in [0.05, 0.1) is 11.0 Å². The van der Waals surface area contributed by atoms with E-state index < -0.39 is 5.60 Å². The van der Waals surface area contributed by atoms with Crippen LogP contribution >= 0.6 is 11.3 Å². The number of rotatable bonds is 7. The summed E-state index contributed by atoms with van der Waals surface area (Å²) in [5.41, 5.74) is 1.06. The third-order valence-electron chi connectivity index (χ3n) is 3.37. The Kier molecular flexibility index (Phi) is 6.61. The Morgan fingerprint density at radius 2 is 2.00 bits per heavy atom. The highest BCUT2D eigenvalue weighted by Crippen LogP contribution is 2.17. The number of hydrogen-bond donors (Lipinski definition) is 2. The summed E-state index contributed by atoms with van der Waals surface area (Å²) < 4.78 is 5.36. The van der Waals surface area contributed by atoms with Gasteiger partial charge >= 0.3 is 6.09 Å². The Morgan fingerprint density at radius 3 is 2.48 bits per heavy atom. The molecule has 0 aliphatic rings. The van der Waals surface area contributed by atoms with Gasteiger partial charge in [-0.05, 0) is 33.6 Å². The van der Waals surface area contributed by atoms with Crippen LogP contribution in [0.1, 0.15) is 52.3 Å². The fraction of sp³-hybridized carbons (Fsp3) is 0.733. The lowest BCUT2D eigenvalue weighted by Crippen LogP contribution is -2.55. The number of hydrogen-bond acceptors (Lipinski definition) is 5. The summed E-state index contributed by atoms with van der Waals surface area (Å²) >= 11 is 1.62. The molecule has 120 valence electrons. The van der Waals surface area contributed by atoms with Crippen LogP contribution in [0.15, 0.2) is 11.7 Å². The van der Waals surface area contributed by atoms with Gasteiger partial charge in [0.1, 0.15) is 5.60 Å². The molecule has 0 aliphatic carbocycles. The van der Waals surface area contributed by atoms with Gasteiger partial charge in [0, 0.05) is 24.2 Å². The largest absolute Gasteiger partial charge is 0.444 e. The molecule has 2 N–H and O–H groups in total. The second kappa shape index (κ2) is 7.75. The topological polar surface area (TPSA) is 63.2 Å². The first-order valence-electron chi connectivity index (χ1n) is 7.39. The number of nitrogens with one attached hydrogen (secondary N) is 2. The molecule has 0 saturated carbocycles. The van der Waals surface area contributed by atoms with Crippen molar-refractivity contribution in [2.45, 2.75) is 65.1 Å². The second-order valence-corrected chi connectivity index (χ2v) is 7.16. The number of aromatic nitrogens is 1. The zero-order valence-electron chi connectivity index (χ0n) is 13.7. The number of ether oxygens (including phenoxy) is 1. The molecule has 0 fully saturated rings. The lowest BCUT2D eigenvalue weighted by molar-refractivity contribution is 0.0446. The van der Waals surface area contributed by atoms with Crippen LogP contribution in [-0.4, -0.2) is 28.8 Å². The van der Waals surface area contributed by atoms with E-state index in [0.29, 0.717) is 6.54 Å². The average Bonchev–Trinajstić information content (AvgIpc) is 2.88. The van der Waals surface area contributed by atoms with Crippen molar-refractivity contribution in [2.75, 3.05) is 6.54 Å². The summed E-state index contributed by atoms with van der Waals surface area (Å²) in [7, 11) is 0. The molecular weight excluding hydrogens is 286 g/mol. The zero-order valence-corrected chi connectivity index (χ0v) is 14.5. The van der Waals surface area contributed by atoms with E-state index in [4.69, 9.17) is 4.74 Å². The molecule has 21 heavy (non-hydrogen) atoms. The minimum absolute atomic E-state index is 0.285. The molecular formula is C15H27N3O2S. The first-order chi connectivity index (χ1) is 9.80. The van der Waals surface area contributed by atoms with E-state index in [0.717, 1.165) is 19.4 Å². The number of thiazole rings is 1. The molecule has 0 unspecified atom stereocenters. The van der Waals surface area contributed by atoms with Crippen LogP contribution < -0.4 is 10.6 Å². The zero-order chi connectivity index (χ0) is 15.9. The molecule has 0 saturated heterocycles. The number of carbonyl (C=O) groups is 1. The van der Waals surface area contributed by atoms with Gasteiger partial charge in [-0.25, -0.2) is 4.79 Å². The molecule has 6 heteroatoms. The molecule has 1 heterocycles. The van der Waals surface area contributed by atoms with Gasteiger partial charge in [-0.3, -0.25) is 4.98 Å². The molecule has 0 spiro atoms. The van der Waals surface area contributed by atoms with Crippen LogP contribution in [0, 0.1) is 0 Å². The molecule has 0 aliphatic heterocycles. The average molecular weight is 313 g/mol. The first-order valence-corrected chi connectivity index (χ1v) is 8.27. The molecule has 0 radical (unpaired) electrons. The fourth-order valence-corrected chi connectivity index (χ4v) is 2.56. The lowest BCUT2D eigenvalue weighted by atomic mass is 9.93. The van der Waals surface area contributed by atoms with Crippen molar-refractivity contribution in [3.8, 4) is 0 Å². The summed E-state index contributed by atoms with van der Waals surface area (Å²) in [4.78, 5) is 17.3. The number of nitrogens with zero attached hydrogens (tertiary/aromatic N) is 1. The molecule has 0 aromatic carbocycles. The van der Waals surface area contributed by atoms with Gasteiger partial charge in [-0.15, -0.1) is 11.3 Å². The SMILES string of the molecule is CCC(CC)(CNCc1cncs1)NC(=O)OC(C)(C)C. The standard InChI is InChI=1S/C15H27N3O2S/c1-6-15(7-2,18-13(19)20-14(3,4)5)10-16-8-12-9-17-11-21-12/h9,11,16H,6-8,10H2,1-5H3,(H,18,19). The van der Waals surface area contributed by atoms with Crippen LogP contribution in [0.2, 0.25) is 0 Å². The summed E-state index contributed by atoms with van der Waals surface area (Å²) in [5.74, 6) is 0. The van der Waals surface area contributed by atoms with Crippen molar-refractivity contribution in [2.24, 2.45) is 0 Å². The Labute approximate surface area is 131 Å². The maximum Gasteiger partial charge on any atom is 0.408 e. The van der Waals surface area contributed by atoms with Crippen LogP contribution in [0.5, 0.6) is 0 Å². The third kappa shape index (κ3) is 6.44. The first kappa shape index (κ1) is 17.9. The van der Waals surface area contributed by atoms with Crippen LogP contribution in [0.3, 0.4) is 0 Å². The van der Waals surface area contributed by atoms with Crippen LogP contribution in [0.25, 0.3) is 0 Å². The van der Waals surface area contributed by atoms with Crippen molar-refractivity contribution in [1.82, 2.24) is 15.6 Å². The monoisotopic (exact) mass is 313 g/mol. The number of carbonyl (C=O) groups excluding carboxylic acids is 1. The maximum atomic E-state index is 12.0. The Hall–Kier alpha value is -1.14. The van der Waals surface area contributed by atoms with Gasteiger partial charge in [0.25, 0.3) is 0 Å². The van der Waals surface area contributed by atoms with Crippen molar-refractivity contribution in [3.05, 3.63) is 16.6 Å². The summed E-state index contributed by atoms with van der Waals surface area (Å²) in [6.07, 6.45) is 3.20. The highest BCUT2D eigenvalue weighted by molar-refractivity contribution is 7.09. The van der Waals surface area contributed by atoms with Gasteiger partial charge in [0.2, 0.25) is 0 Å². The molecule has 1 aromatic rings. The predicted octanol–water partition coefficient (Wildman–Crippen LogP) is 3.32. The molecule has 1 amide bonds. The lowest BCUT2D eigenvalue weighted by Gasteiger charge is -2.34. The highest BCUT2D eigenvalue weighted by atomic mass is 32.1. The Balaban J connectivity index is 2.54. The van der Waals surface area contributed by atoms with Crippen molar-refractivity contribution in [1.29, 1.82) is 0 Å². The highest BCUT2D eigenvalue weighted by Gasteiger charge is 2.30. The van der Waals surface area contributed by atoms with E-state index in [-0.39, 0.29) is 11.6 Å². The van der Waals surface area contributed by atoms with Gasteiger partial charge < -0.3 is 15.4 Å². The second-order valence-electron chi connectivity index (χ2n) is 6.19. The van der Waals surface area contributed by atoms with Gasteiger partial charge in [0.15, 0.2) is 0 Å². The molecule has 0 atom stereocenters. The summed E-state index contributed by atoms with van der Waals surface area (Å²) in [5, 5.41) is 6.43. The van der Waals surface area contributed by atoms with Crippen LogP contribution in [-0.2, 0) is 11.3 Å². The smallest absolute Gasteiger partial charge is 0.408 e. The van der Waals surface area contributed by atoms with Crippen molar-refractivity contribution < 1.29 is 9.53 Å².